The van der Waals surface area contributed by atoms with Crippen LogP contribution >= 0.6 is 11.6 Å². The van der Waals surface area contributed by atoms with E-state index in [1.54, 1.807) is 0 Å². The number of hydrogen-bond acceptors (Lipinski definition) is 4. The Labute approximate surface area is 98.1 Å². The van der Waals surface area contributed by atoms with Crippen molar-refractivity contribution in [3.8, 4) is 0 Å². The lowest BCUT2D eigenvalue weighted by molar-refractivity contribution is -0.153. The Kier molecular flexibility index (Phi) is 4.79. The number of carbonyl (C=O) groups is 2. The summed E-state index contributed by atoms with van der Waals surface area (Å²) in [7, 11) is 0. The van der Waals surface area contributed by atoms with Crippen LogP contribution in [0.3, 0.4) is 0 Å². The van der Waals surface area contributed by atoms with E-state index in [9.17, 15) is 9.59 Å². The summed E-state index contributed by atoms with van der Waals surface area (Å²) in [6.45, 7) is 1.54. The van der Waals surface area contributed by atoms with Crippen LogP contribution in [-0.4, -0.2) is 17.5 Å². The highest BCUT2D eigenvalue weighted by Crippen LogP contribution is 2.04. The Morgan fingerprint density at radius 3 is 2.50 bits per heavy atom. The number of carbonyl (C=O) groups excluding carboxylic acids is 2. The van der Waals surface area contributed by atoms with Crippen molar-refractivity contribution in [2.24, 2.45) is 0 Å². The number of benzene rings is 1. The Balaban J connectivity index is 2.38. The van der Waals surface area contributed by atoms with Crippen LogP contribution < -0.4 is 0 Å². The predicted molar refractivity (Wildman–Crippen MR) is 58.0 cm³/mol. The summed E-state index contributed by atoms with van der Waals surface area (Å²) in [5, 5.41) is 0. The van der Waals surface area contributed by atoms with E-state index in [0.29, 0.717) is 0 Å². The monoisotopic (exact) mass is 242 g/mol. The summed E-state index contributed by atoms with van der Waals surface area (Å²) >= 11 is 4.96. The topological polar surface area (TPSA) is 52.6 Å². The fourth-order valence-electron chi connectivity index (χ4n) is 1.03. The number of rotatable bonds is 4. The summed E-state index contributed by atoms with van der Waals surface area (Å²) in [6.07, 6.45) is -0.992. The van der Waals surface area contributed by atoms with Crippen LogP contribution in [0, 0.1) is 0 Å². The van der Waals surface area contributed by atoms with Gasteiger partial charge in [0.1, 0.15) is 6.61 Å². The third kappa shape index (κ3) is 4.31. The molecule has 5 heteroatoms. The van der Waals surface area contributed by atoms with Gasteiger partial charge in [-0.05, 0) is 12.5 Å². The molecule has 4 nitrogen and oxygen atoms in total. The molecule has 0 amide bonds. The summed E-state index contributed by atoms with van der Waals surface area (Å²) in [6, 6.07) is 9.19. The van der Waals surface area contributed by atoms with Crippen molar-refractivity contribution in [1.29, 1.82) is 0 Å². The number of ether oxygens (including phenoxy) is 2. The first kappa shape index (κ1) is 12.5. The number of esters is 1. The van der Waals surface area contributed by atoms with Gasteiger partial charge in [0, 0.05) is 11.6 Å². The molecule has 0 spiro atoms. The predicted octanol–water partition coefficient (Wildman–Crippen LogP) is 2.49. The molecule has 0 aromatic heterocycles. The van der Waals surface area contributed by atoms with Gasteiger partial charge >= 0.3 is 11.4 Å². The molecular formula is C11H11ClO4. The van der Waals surface area contributed by atoms with Gasteiger partial charge in [-0.1, -0.05) is 30.3 Å². The molecule has 0 fully saturated rings. The highest BCUT2D eigenvalue weighted by atomic mass is 35.5. The van der Waals surface area contributed by atoms with Gasteiger partial charge in [0.2, 0.25) is 0 Å². The third-order valence-electron chi connectivity index (χ3n) is 1.83. The van der Waals surface area contributed by atoms with Crippen LogP contribution in [0.2, 0.25) is 0 Å². The first-order valence-corrected chi connectivity index (χ1v) is 5.04. The molecule has 0 aliphatic carbocycles. The van der Waals surface area contributed by atoms with Crippen LogP contribution in [-0.2, 0) is 20.9 Å². The first-order valence-electron chi connectivity index (χ1n) is 4.66. The van der Waals surface area contributed by atoms with Crippen molar-refractivity contribution in [2.45, 2.75) is 19.6 Å². The molecule has 0 radical (unpaired) electrons. The third-order valence-corrected chi connectivity index (χ3v) is 1.91. The van der Waals surface area contributed by atoms with E-state index in [-0.39, 0.29) is 6.61 Å². The highest BCUT2D eigenvalue weighted by Gasteiger charge is 2.17. The summed E-state index contributed by atoms with van der Waals surface area (Å²) in [5.74, 6) is -0.627. The molecule has 1 rings (SSSR count). The van der Waals surface area contributed by atoms with Crippen LogP contribution in [0.25, 0.3) is 0 Å². The van der Waals surface area contributed by atoms with Crippen LogP contribution in [0.15, 0.2) is 30.3 Å². The standard InChI is InChI=1S/C11H11ClO4/c1-8(16-11(12)14)10(13)15-7-9-5-3-2-4-6-9/h2-6,8H,7H2,1H3/t8-/m0/s1. The fraction of sp³-hybridized carbons (Fsp3) is 0.273. The lowest BCUT2D eigenvalue weighted by Crippen LogP contribution is -2.24. The zero-order valence-electron chi connectivity index (χ0n) is 8.68. The lowest BCUT2D eigenvalue weighted by Gasteiger charge is -2.10. The van der Waals surface area contributed by atoms with Crippen molar-refractivity contribution < 1.29 is 19.1 Å². The minimum atomic E-state index is -1.02. The molecule has 0 unspecified atom stereocenters. The molecule has 1 atom stereocenters. The van der Waals surface area contributed by atoms with Crippen molar-refractivity contribution >= 4 is 23.0 Å². The molecule has 0 heterocycles. The summed E-state index contributed by atoms with van der Waals surface area (Å²) in [5.41, 5.74) is -0.163. The van der Waals surface area contributed by atoms with E-state index >= 15 is 0 Å². The van der Waals surface area contributed by atoms with Crippen molar-refractivity contribution in [2.75, 3.05) is 0 Å². The lowest BCUT2D eigenvalue weighted by atomic mass is 10.2. The van der Waals surface area contributed by atoms with Crippen LogP contribution in [0.1, 0.15) is 12.5 Å². The second-order valence-electron chi connectivity index (χ2n) is 3.09. The van der Waals surface area contributed by atoms with E-state index in [0.717, 1.165) is 5.56 Å². The largest absolute Gasteiger partial charge is 0.458 e. The van der Waals surface area contributed by atoms with Gasteiger partial charge in [-0.3, -0.25) is 0 Å². The highest BCUT2D eigenvalue weighted by molar-refractivity contribution is 6.61. The molecule has 86 valence electrons. The fourth-order valence-corrected chi connectivity index (χ4v) is 1.17. The van der Waals surface area contributed by atoms with E-state index in [4.69, 9.17) is 16.3 Å². The molecule has 0 bridgehead atoms. The van der Waals surface area contributed by atoms with Gasteiger partial charge < -0.3 is 9.47 Å². The minimum Gasteiger partial charge on any atom is -0.458 e. The average molecular weight is 243 g/mol. The van der Waals surface area contributed by atoms with Gasteiger partial charge in [-0.15, -0.1) is 0 Å². The minimum absolute atomic E-state index is 0.143. The maximum atomic E-state index is 11.3. The van der Waals surface area contributed by atoms with Gasteiger partial charge in [0.15, 0.2) is 6.10 Å². The van der Waals surface area contributed by atoms with Gasteiger partial charge in [-0.2, -0.15) is 0 Å². The first-order chi connectivity index (χ1) is 7.59. The van der Waals surface area contributed by atoms with Crippen LogP contribution in [0.5, 0.6) is 0 Å². The maximum absolute atomic E-state index is 11.3. The van der Waals surface area contributed by atoms with Crippen molar-refractivity contribution in [1.82, 2.24) is 0 Å². The van der Waals surface area contributed by atoms with Gasteiger partial charge in [-0.25, -0.2) is 9.59 Å². The molecule has 0 N–H and O–H groups in total. The Morgan fingerprint density at radius 1 is 1.31 bits per heavy atom. The zero-order chi connectivity index (χ0) is 12.0. The molecule has 16 heavy (non-hydrogen) atoms. The molecule has 1 aromatic rings. The maximum Gasteiger partial charge on any atom is 0.404 e. The molecule has 0 aliphatic rings. The zero-order valence-corrected chi connectivity index (χ0v) is 9.44. The van der Waals surface area contributed by atoms with Gasteiger partial charge in [0.25, 0.3) is 0 Å². The van der Waals surface area contributed by atoms with Gasteiger partial charge in [0.05, 0.1) is 0 Å². The van der Waals surface area contributed by atoms with Crippen LogP contribution in [0.4, 0.5) is 4.79 Å². The van der Waals surface area contributed by atoms with Crippen molar-refractivity contribution in [3.05, 3.63) is 35.9 Å². The Hall–Kier alpha value is -1.55. The number of hydrogen-bond donors (Lipinski definition) is 0. The van der Waals surface area contributed by atoms with E-state index < -0.39 is 17.5 Å². The SMILES string of the molecule is C[C@H](OC(=O)Cl)C(=O)OCc1ccccc1. The smallest absolute Gasteiger partial charge is 0.404 e. The number of halogens is 1. The second kappa shape index (κ2) is 6.12. The van der Waals surface area contributed by atoms with E-state index in [2.05, 4.69) is 4.74 Å². The van der Waals surface area contributed by atoms with E-state index in [1.807, 2.05) is 30.3 Å². The second-order valence-corrected chi connectivity index (χ2v) is 3.40. The molecule has 1 aromatic carbocycles. The Bertz CT molecular complexity index is 364. The molecule has 0 aliphatic heterocycles. The summed E-state index contributed by atoms with van der Waals surface area (Å²) in [4.78, 5) is 21.7. The molecule has 0 saturated carbocycles. The average Bonchev–Trinajstić information content (AvgIpc) is 2.26. The normalized spacial score (nSPS) is 11.6. The quantitative estimate of drug-likeness (QED) is 0.601. The molecular weight excluding hydrogens is 232 g/mol. The molecule has 0 saturated heterocycles. The van der Waals surface area contributed by atoms with Crippen molar-refractivity contribution in [3.63, 3.8) is 0 Å². The Morgan fingerprint density at radius 2 is 1.94 bits per heavy atom. The van der Waals surface area contributed by atoms with E-state index in [1.165, 1.54) is 6.92 Å². The summed E-state index contributed by atoms with van der Waals surface area (Å²) < 4.78 is 9.37.